The van der Waals surface area contributed by atoms with E-state index in [-0.39, 0.29) is 0 Å². The molecule has 0 aromatic carbocycles. The van der Waals surface area contributed by atoms with Crippen LogP contribution in [0, 0.1) is 0 Å². The smallest absolute Gasteiger partial charge is 0.380 e. The molecule has 0 radical (unpaired) electrons. The minimum atomic E-state index is -2.72. The van der Waals surface area contributed by atoms with Gasteiger partial charge in [-0.2, -0.15) is 0 Å². The van der Waals surface area contributed by atoms with Gasteiger partial charge in [-0.05, 0) is 20.1 Å². The second kappa shape index (κ2) is 7.28. The number of nitrogens with zero attached hydrogens (tertiary/aromatic N) is 2. The monoisotopic (exact) mass is 294 g/mol. The molecule has 0 saturated heterocycles. The van der Waals surface area contributed by atoms with E-state index in [2.05, 4.69) is 9.97 Å². The van der Waals surface area contributed by atoms with E-state index in [1.54, 1.807) is 12.4 Å². The van der Waals surface area contributed by atoms with E-state index in [9.17, 15) is 0 Å². The second-order valence-electron chi connectivity index (χ2n) is 2.78. The normalized spacial score (nSPS) is 11.5. The van der Waals surface area contributed by atoms with Gasteiger partial charge in [0, 0.05) is 11.8 Å². The van der Waals surface area contributed by atoms with E-state index < -0.39 is 6.72 Å². The Morgan fingerprint density at radius 3 is 2.18 bits per heavy atom. The van der Waals surface area contributed by atoms with E-state index in [0.717, 1.165) is 0 Å². The maximum Gasteiger partial charge on any atom is 0.380 e. The van der Waals surface area contributed by atoms with Gasteiger partial charge in [0.15, 0.2) is 10.9 Å². The van der Waals surface area contributed by atoms with Crippen LogP contribution in [-0.4, -0.2) is 29.4 Å². The highest BCUT2D eigenvalue weighted by molar-refractivity contribution is 8.07. The molecule has 0 spiro atoms. The quantitative estimate of drug-likeness (QED) is 0.435. The average molecular weight is 294 g/mol. The summed E-state index contributed by atoms with van der Waals surface area (Å²) in [6, 6.07) is 0. The van der Waals surface area contributed by atoms with Crippen molar-refractivity contribution in [2.75, 3.05) is 19.5 Å². The molecule has 0 saturated carbocycles. The Hall–Kier alpha value is -0.200. The van der Waals surface area contributed by atoms with Crippen molar-refractivity contribution in [2.24, 2.45) is 0 Å². The minimum Gasteiger partial charge on any atom is -0.421 e. The highest BCUT2D eigenvalue weighted by Gasteiger charge is 2.21. The highest BCUT2D eigenvalue weighted by Crippen LogP contribution is 2.49. The second-order valence-corrected chi connectivity index (χ2v) is 6.49. The summed E-state index contributed by atoms with van der Waals surface area (Å²) >= 11 is 6.69. The molecule has 17 heavy (non-hydrogen) atoms. The molecule has 0 fully saturated rings. The van der Waals surface area contributed by atoms with Crippen molar-refractivity contribution < 1.29 is 13.6 Å². The SMILES string of the molecule is CCOP(=S)(OCC)Oc1cnc(SC)nc1. The summed E-state index contributed by atoms with van der Waals surface area (Å²) in [7, 11) is 0. The van der Waals surface area contributed by atoms with Gasteiger partial charge in [-0.15, -0.1) is 0 Å². The average Bonchev–Trinajstić information content (AvgIpc) is 2.30. The van der Waals surface area contributed by atoms with E-state index in [0.29, 0.717) is 24.1 Å². The Kier molecular flexibility index (Phi) is 6.37. The third kappa shape index (κ3) is 4.89. The maximum atomic E-state index is 5.53. The van der Waals surface area contributed by atoms with Crippen LogP contribution in [0.3, 0.4) is 0 Å². The third-order valence-electron chi connectivity index (χ3n) is 1.58. The molecular weight excluding hydrogens is 279 g/mol. The van der Waals surface area contributed by atoms with E-state index in [1.165, 1.54) is 11.8 Å². The molecule has 1 aromatic heterocycles. The molecule has 0 unspecified atom stereocenters. The van der Waals surface area contributed by atoms with Crippen LogP contribution in [-0.2, 0) is 20.9 Å². The van der Waals surface area contributed by atoms with Crippen molar-refractivity contribution in [3.63, 3.8) is 0 Å². The molecule has 1 aromatic rings. The Morgan fingerprint density at radius 2 is 1.76 bits per heavy atom. The molecule has 96 valence electrons. The number of rotatable bonds is 7. The van der Waals surface area contributed by atoms with Crippen molar-refractivity contribution in [3.05, 3.63) is 12.4 Å². The fourth-order valence-electron chi connectivity index (χ4n) is 0.992. The van der Waals surface area contributed by atoms with Crippen molar-refractivity contribution in [1.29, 1.82) is 0 Å². The van der Waals surface area contributed by atoms with Crippen LogP contribution in [0.1, 0.15) is 13.8 Å². The lowest BCUT2D eigenvalue weighted by Gasteiger charge is -2.20. The molecule has 0 amide bonds. The van der Waals surface area contributed by atoms with Gasteiger partial charge in [0.1, 0.15) is 0 Å². The lowest BCUT2D eigenvalue weighted by atomic mass is 10.6. The maximum absolute atomic E-state index is 5.53. The molecule has 0 aliphatic carbocycles. The highest BCUT2D eigenvalue weighted by atomic mass is 32.5. The van der Waals surface area contributed by atoms with Gasteiger partial charge in [-0.3, -0.25) is 9.05 Å². The standard InChI is InChI=1S/C9H15N2O3PS2/c1-4-12-15(16,13-5-2)14-8-6-10-9(17-3)11-7-8/h6-7H,4-5H2,1-3H3. The summed E-state index contributed by atoms with van der Waals surface area (Å²) in [4.78, 5) is 8.18. The van der Waals surface area contributed by atoms with Gasteiger partial charge in [-0.25, -0.2) is 9.97 Å². The van der Waals surface area contributed by atoms with E-state index >= 15 is 0 Å². The van der Waals surface area contributed by atoms with Gasteiger partial charge in [0.05, 0.1) is 25.6 Å². The van der Waals surface area contributed by atoms with Crippen LogP contribution < -0.4 is 4.52 Å². The first-order chi connectivity index (χ1) is 8.13. The zero-order valence-electron chi connectivity index (χ0n) is 9.95. The number of aromatic nitrogens is 2. The molecule has 8 heteroatoms. The Bertz CT molecular complexity index is 378. The first-order valence-electron chi connectivity index (χ1n) is 5.08. The summed E-state index contributed by atoms with van der Waals surface area (Å²) < 4.78 is 16.2. The summed E-state index contributed by atoms with van der Waals surface area (Å²) in [6.07, 6.45) is 5.04. The lowest BCUT2D eigenvalue weighted by Crippen LogP contribution is -2.02. The lowest BCUT2D eigenvalue weighted by molar-refractivity contribution is 0.217. The predicted octanol–water partition coefficient (Wildman–Crippen LogP) is 2.87. The first kappa shape index (κ1) is 14.9. The van der Waals surface area contributed by atoms with Crippen LogP contribution in [0.25, 0.3) is 0 Å². The Morgan fingerprint density at radius 1 is 1.24 bits per heavy atom. The minimum absolute atomic E-state index is 0.445. The van der Waals surface area contributed by atoms with Crippen molar-refractivity contribution in [2.45, 2.75) is 19.0 Å². The molecule has 0 N–H and O–H groups in total. The molecule has 1 rings (SSSR count). The fourth-order valence-corrected chi connectivity index (χ4v) is 3.36. The van der Waals surface area contributed by atoms with Crippen LogP contribution in [0.2, 0.25) is 0 Å². The van der Waals surface area contributed by atoms with Crippen molar-refractivity contribution in [1.82, 2.24) is 9.97 Å². The zero-order chi connectivity index (χ0) is 12.7. The number of hydrogen-bond acceptors (Lipinski definition) is 7. The fraction of sp³-hybridized carbons (Fsp3) is 0.556. The summed E-state index contributed by atoms with van der Waals surface area (Å²) in [6.45, 7) is 1.86. The van der Waals surface area contributed by atoms with Crippen LogP contribution in [0.4, 0.5) is 0 Å². The Labute approximate surface area is 111 Å². The van der Waals surface area contributed by atoms with Gasteiger partial charge in [-0.1, -0.05) is 11.8 Å². The summed E-state index contributed by atoms with van der Waals surface area (Å²) in [5.41, 5.74) is 0. The van der Waals surface area contributed by atoms with Crippen LogP contribution in [0.15, 0.2) is 17.6 Å². The van der Waals surface area contributed by atoms with Gasteiger partial charge < -0.3 is 4.52 Å². The molecule has 1 heterocycles. The topological polar surface area (TPSA) is 53.5 Å². The Balaban J connectivity index is 2.75. The first-order valence-corrected chi connectivity index (χ1v) is 8.86. The zero-order valence-corrected chi connectivity index (χ0v) is 12.5. The van der Waals surface area contributed by atoms with Crippen LogP contribution >= 0.6 is 18.5 Å². The van der Waals surface area contributed by atoms with E-state index in [1.807, 2.05) is 20.1 Å². The van der Waals surface area contributed by atoms with Gasteiger partial charge >= 0.3 is 6.72 Å². The number of thioether (sulfide) groups is 1. The molecular formula is C9H15N2O3PS2. The predicted molar refractivity (Wildman–Crippen MR) is 72.0 cm³/mol. The van der Waals surface area contributed by atoms with Crippen LogP contribution in [0.5, 0.6) is 5.75 Å². The van der Waals surface area contributed by atoms with Gasteiger partial charge in [0.2, 0.25) is 0 Å². The third-order valence-corrected chi connectivity index (χ3v) is 4.59. The van der Waals surface area contributed by atoms with Crippen molar-refractivity contribution >= 4 is 30.3 Å². The molecule has 5 nitrogen and oxygen atoms in total. The van der Waals surface area contributed by atoms with E-state index in [4.69, 9.17) is 25.4 Å². The number of hydrogen-bond donors (Lipinski definition) is 0. The summed E-state index contributed by atoms with van der Waals surface area (Å²) in [5, 5.41) is 0.679. The largest absolute Gasteiger partial charge is 0.421 e. The molecule has 0 bridgehead atoms. The molecule has 0 aliphatic heterocycles. The molecule has 0 atom stereocenters. The summed E-state index contributed by atoms with van der Waals surface area (Å²) in [5.74, 6) is 0.466. The molecule has 0 aliphatic rings. The van der Waals surface area contributed by atoms with Crippen molar-refractivity contribution in [3.8, 4) is 5.75 Å². The van der Waals surface area contributed by atoms with Gasteiger partial charge in [0.25, 0.3) is 0 Å².